The summed E-state index contributed by atoms with van der Waals surface area (Å²) in [6.07, 6.45) is 5.28. The normalized spacial score (nSPS) is 20.9. The molecule has 4 rings (SSSR count). The van der Waals surface area contributed by atoms with Crippen molar-refractivity contribution >= 4 is 29.1 Å². The fourth-order valence-corrected chi connectivity index (χ4v) is 4.77. The molecule has 2 atom stereocenters. The van der Waals surface area contributed by atoms with Gasteiger partial charge >= 0.3 is 0 Å². The van der Waals surface area contributed by atoms with Crippen molar-refractivity contribution in [3.8, 4) is 0 Å². The van der Waals surface area contributed by atoms with Gasteiger partial charge in [-0.3, -0.25) is 19.3 Å². The van der Waals surface area contributed by atoms with E-state index in [1.54, 1.807) is 24.3 Å². The number of hydrogen-bond acceptors (Lipinski definition) is 3. The van der Waals surface area contributed by atoms with Crippen molar-refractivity contribution in [1.29, 1.82) is 0 Å². The molecule has 1 saturated heterocycles. The van der Waals surface area contributed by atoms with Crippen LogP contribution in [0.5, 0.6) is 0 Å². The van der Waals surface area contributed by atoms with Gasteiger partial charge in [0.25, 0.3) is 5.91 Å². The first-order valence-corrected chi connectivity index (χ1v) is 10.9. The molecule has 0 aromatic heterocycles. The van der Waals surface area contributed by atoms with Crippen LogP contribution in [-0.4, -0.2) is 17.7 Å². The molecule has 1 saturated carbocycles. The van der Waals surface area contributed by atoms with E-state index in [4.69, 9.17) is 0 Å². The third-order valence-electron chi connectivity index (χ3n) is 6.47. The van der Waals surface area contributed by atoms with Gasteiger partial charge in [0.1, 0.15) is 0 Å². The highest BCUT2D eigenvalue weighted by Crippen LogP contribution is 2.40. The minimum absolute atomic E-state index is 0.0913. The maximum absolute atomic E-state index is 12.9. The molecule has 1 heterocycles. The number of imide groups is 1. The zero-order chi connectivity index (χ0) is 21.3. The lowest BCUT2D eigenvalue weighted by atomic mass is 9.81. The van der Waals surface area contributed by atoms with Gasteiger partial charge in [0.2, 0.25) is 11.8 Å². The Labute approximate surface area is 177 Å². The van der Waals surface area contributed by atoms with Crippen molar-refractivity contribution in [2.24, 2.45) is 11.8 Å². The van der Waals surface area contributed by atoms with Crippen molar-refractivity contribution in [3.63, 3.8) is 0 Å². The molecule has 1 aliphatic heterocycles. The van der Waals surface area contributed by atoms with Crippen LogP contribution in [-0.2, 0) is 22.4 Å². The van der Waals surface area contributed by atoms with Gasteiger partial charge in [-0.2, -0.15) is 0 Å². The minimum atomic E-state index is -0.190. The number of amides is 3. The third-order valence-corrected chi connectivity index (χ3v) is 6.47. The number of hydrogen-bond donors (Lipinski definition) is 1. The summed E-state index contributed by atoms with van der Waals surface area (Å²) in [6, 6.07) is 12.9. The number of para-hydroxylation sites is 1. The average molecular weight is 405 g/mol. The Bertz CT molecular complexity index is 934. The Morgan fingerprint density at radius 3 is 1.93 bits per heavy atom. The lowest BCUT2D eigenvalue weighted by Gasteiger charge is -2.19. The van der Waals surface area contributed by atoms with Crippen LogP contribution < -0.4 is 10.2 Å². The first-order valence-electron chi connectivity index (χ1n) is 10.9. The largest absolute Gasteiger partial charge is 0.321 e. The van der Waals surface area contributed by atoms with Crippen LogP contribution in [0, 0.1) is 11.8 Å². The fourth-order valence-electron chi connectivity index (χ4n) is 4.77. The van der Waals surface area contributed by atoms with Crippen LogP contribution in [0.15, 0.2) is 42.5 Å². The predicted octanol–water partition coefficient (Wildman–Crippen LogP) is 4.74. The van der Waals surface area contributed by atoms with Crippen molar-refractivity contribution < 1.29 is 14.4 Å². The minimum Gasteiger partial charge on any atom is -0.321 e. The molecule has 0 spiro atoms. The highest BCUT2D eigenvalue weighted by molar-refractivity contribution is 6.22. The number of anilines is 2. The molecule has 1 N–H and O–H groups in total. The van der Waals surface area contributed by atoms with E-state index in [2.05, 4.69) is 19.2 Å². The Morgan fingerprint density at radius 2 is 1.43 bits per heavy atom. The number of carbonyl (C=O) groups excluding carboxylic acids is 3. The number of nitrogens with one attached hydrogen (secondary N) is 1. The van der Waals surface area contributed by atoms with Crippen molar-refractivity contribution in [1.82, 2.24) is 0 Å². The third kappa shape index (κ3) is 3.53. The van der Waals surface area contributed by atoms with E-state index in [-0.39, 0.29) is 29.6 Å². The standard InChI is InChI=1S/C25H28N2O3/c1-3-16-8-7-9-17(4-2)22(16)26-23(28)18-12-14-19(15-13-18)27-24(29)20-10-5-6-11-21(20)25(27)30/h7-9,12-15,20-21H,3-6,10-11H2,1-2H3,(H,26,28)/t20-,21-/m1/s1. The number of nitrogens with zero attached hydrogens (tertiary/aromatic N) is 1. The molecule has 3 amide bonds. The molecule has 2 fully saturated rings. The molecular formula is C25H28N2O3. The molecule has 30 heavy (non-hydrogen) atoms. The second-order valence-corrected chi connectivity index (χ2v) is 8.17. The molecule has 2 aromatic carbocycles. The van der Waals surface area contributed by atoms with Crippen LogP contribution in [0.3, 0.4) is 0 Å². The maximum Gasteiger partial charge on any atom is 0.255 e. The summed E-state index contributed by atoms with van der Waals surface area (Å²) >= 11 is 0. The Hall–Kier alpha value is -2.95. The van der Waals surface area contributed by atoms with Crippen LogP contribution in [0.25, 0.3) is 0 Å². The maximum atomic E-state index is 12.9. The quantitative estimate of drug-likeness (QED) is 0.732. The monoisotopic (exact) mass is 404 g/mol. The van der Waals surface area contributed by atoms with Gasteiger partial charge in [-0.05, 0) is 61.1 Å². The second-order valence-electron chi connectivity index (χ2n) is 8.17. The summed E-state index contributed by atoms with van der Waals surface area (Å²) in [7, 11) is 0. The van der Waals surface area contributed by atoms with E-state index in [1.807, 2.05) is 18.2 Å². The van der Waals surface area contributed by atoms with Crippen LogP contribution in [0.1, 0.15) is 61.0 Å². The number of aryl methyl sites for hydroxylation is 2. The van der Waals surface area contributed by atoms with Gasteiger partial charge in [0.05, 0.1) is 17.5 Å². The average Bonchev–Trinajstić information content (AvgIpc) is 3.04. The summed E-state index contributed by atoms with van der Waals surface area (Å²) in [5.74, 6) is -0.720. The fraction of sp³-hybridized carbons (Fsp3) is 0.400. The van der Waals surface area contributed by atoms with E-state index in [0.29, 0.717) is 11.3 Å². The van der Waals surface area contributed by atoms with Gasteiger partial charge in [0.15, 0.2) is 0 Å². The predicted molar refractivity (Wildman–Crippen MR) is 118 cm³/mol. The highest BCUT2D eigenvalue weighted by Gasteiger charge is 2.48. The molecule has 1 aliphatic carbocycles. The molecule has 2 aromatic rings. The molecular weight excluding hydrogens is 376 g/mol. The van der Waals surface area contributed by atoms with Gasteiger partial charge in [-0.15, -0.1) is 0 Å². The SMILES string of the molecule is CCc1cccc(CC)c1NC(=O)c1ccc(N2C(=O)[C@@H]3CCCC[C@H]3C2=O)cc1. The van der Waals surface area contributed by atoms with Crippen LogP contribution in [0.4, 0.5) is 11.4 Å². The number of rotatable bonds is 5. The summed E-state index contributed by atoms with van der Waals surface area (Å²) in [4.78, 5) is 39.7. The van der Waals surface area contributed by atoms with Crippen LogP contribution >= 0.6 is 0 Å². The Morgan fingerprint density at radius 1 is 0.900 bits per heavy atom. The van der Waals surface area contributed by atoms with Crippen molar-refractivity contribution in [2.75, 3.05) is 10.2 Å². The first-order chi connectivity index (χ1) is 14.5. The van der Waals surface area contributed by atoms with E-state index in [0.717, 1.165) is 55.3 Å². The molecule has 0 unspecified atom stereocenters. The number of benzene rings is 2. The van der Waals surface area contributed by atoms with Crippen LogP contribution in [0.2, 0.25) is 0 Å². The smallest absolute Gasteiger partial charge is 0.255 e. The molecule has 0 radical (unpaired) electrons. The Kier molecular flexibility index (Phi) is 5.71. The second kappa shape index (κ2) is 8.42. The molecule has 2 aliphatic rings. The molecule has 156 valence electrons. The molecule has 0 bridgehead atoms. The van der Waals surface area contributed by atoms with Gasteiger partial charge < -0.3 is 5.32 Å². The first kappa shape index (κ1) is 20.3. The summed E-state index contributed by atoms with van der Waals surface area (Å²) in [6.45, 7) is 4.14. The lowest BCUT2D eigenvalue weighted by Crippen LogP contribution is -2.30. The summed E-state index contributed by atoms with van der Waals surface area (Å²) in [5.41, 5.74) is 4.15. The Balaban J connectivity index is 1.54. The lowest BCUT2D eigenvalue weighted by molar-refractivity contribution is -0.122. The zero-order valence-corrected chi connectivity index (χ0v) is 17.6. The van der Waals surface area contributed by atoms with Crippen molar-refractivity contribution in [2.45, 2.75) is 52.4 Å². The molecule has 5 heteroatoms. The highest BCUT2D eigenvalue weighted by atomic mass is 16.2. The zero-order valence-electron chi connectivity index (χ0n) is 17.6. The van der Waals surface area contributed by atoms with E-state index in [1.165, 1.54) is 4.90 Å². The van der Waals surface area contributed by atoms with E-state index >= 15 is 0 Å². The summed E-state index contributed by atoms with van der Waals surface area (Å²) in [5, 5.41) is 3.06. The van der Waals surface area contributed by atoms with E-state index in [9.17, 15) is 14.4 Å². The number of carbonyl (C=O) groups is 3. The summed E-state index contributed by atoms with van der Waals surface area (Å²) < 4.78 is 0. The van der Waals surface area contributed by atoms with Crippen molar-refractivity contribution in [3.05, 3.63) is 59.2 Å². The topological polar surface area (TPSA) is 66.5 Å². The van der Waals surface area contributed by atoms with Gasteiger partial charge in [-0.25, -0.2) is 0 Å². The van der Waals surface area contributed by atoms with E-state index < -0.39 is 0 Å². The number of fused-ring (bicyclic) bond motifs is 1. The van der Waals surface area contributed by atoms with Gasteiger partial charge in [-0.1, -0.05) is 44.9 Å². The van der Waals surface area contributed by atoms with Gasteiger partial charge in [0, 0.05) is 11.3 Å². The molecule has 5 nitrogen and oxygen atoms in total.